The third-order valence-corrected chi connectivity index (χ3v) is 3.07. The van der Waals surface area contributed by atoms with Crippen molar-refractivity contribution in [3.05, 3.63) is 42.1 Å². The second-order valence-electron chi connectivity index (χ2n) is 4.46. The lowest BCUT2D eigenvalue weighted by molar-refractivity contribution is 0.281. The second-order valence-corrected chi connectivity index (χ2v) is 4.46. The van der Waals surface area contributed by atoms with E-state index in [1.807, 2.05) is 0 Å². The van der Waals surface area contributed by atoms with Crippen molar-refractivity contribution in [2.24, 2.45) is 7.05 Å². The van der Waals surface area contributed by atoms with Crippen LogP contribution in [-0.2, 0) is 13.7 Å². The van der Waals surface area contributed by atoms with Gasteiger partial charge in [-0.15, -0.1) is 0 Å². The molecule has 2 heterocycles. The third kappa shape index (κ3) is 2.49. The summed E-state index contributed by atoms with van der Waals surface area (Å²) in [6.07, 6.45) is 1.70. The summed E-state index contributed by atoms with van der Waals surface area (Å²) in [5.74, 6) is 0.893. The Labute approximate surface area is 120 Å². The van der Waals surface area contributed by atoms with Crippen LogP contribution < -0.4 is 10.1 Å². The lowest BCUT2D eigenvalue weighted by Gasteiger charge is -2.08. The maximum Gasteiger partial charge on any atom is 0.170 e. The summed E-state index contributed by atoms with van der Waals surface area (Å²) in [6.45, 7) is 0.0801. The maximum atomic E-state index is 13.5. The number of hydrogen-bond donors (Lipinski definition) is 1. The van der Waals surface area contributed by atoms with E-state index in [4.69, 9.17) is 4.74 Å². The molecule has 7 heteroatoms. The Bertz CT molecular complexity index is 786. The summed E-state index contributed by atoms with van der Waals surface area (Å²) in [7, 11) is 3.58. The first-order valence-corrected chi connectivity index (χ1v) is 6.42. The number of nitrogens with zero attached hydrogens (tertiary/aromatic N) is 4. The fourth-order valence-electron chi connectivity index (χ4n) is 2.03. The van der Waals surface area contributed by atoms with Gasteiger partial charge >= 0.3 is 0 Å². The fraction of sp³-hybridized carbons (Fsp3) is 0.214. The molecular weight excluding hydrogens is 273 g/mol. The minimum Gasteiger partial charge on any atom is -0.483 e. The van der Waals surface area contributed by atoms with E-state index in [2.05, 4.69) is 20.4 Å². The monoisotopic (exact) mass is 287 g/mol. The van der Waals surface area contributed by atoms with Gasteiger partial charge in [-0.2, -0.15) is 5.10 Å². The van der Waals surface area contributed by atoms with Crippen molar-refractivity contribution in [2.45, 2.75) is 6.61 Å². The molecule has 1 aromatic carbocycles. The van der Waals surface area contributed by atoms with Crippen molar-refractivity contribution in [1.82, 2.24) is 19.7 Å². The zero-order valence-corrected chi connectivity index (χ0v) is 11.7. The third-order valence-electron chi connectivity index (χ3n) is 3.07. The molecule has 0 spiro atoms. The maximum absolute atomic E-state index is 13.5. The summed E-state index contributed by atoms with van der Waals surface area (Å²) >= 11 is 0. The molecule has 0 saturated carbocycles. The first-order valence-electron chi connectivity index (χ1n) is 6.42. The van der Waals surface area contributed by atoms with Crippen molar-refractivity contribution >= 4 is 16.9 Å². The van der Waals surface area contributed by atoms with Gasteiger partial charge in [-0.05, 0) is 12.1 Å². The Morgan fingerprint density at radius 1 is 1.29 bits per heavy atom. The molecule has 0 atom stereocenters. The Kier molecular flexibility index (Phi) is 3.39. The molecule has 21 heavy (non-hydrogen) atoms. The normalized spacial score (nSPS) is 10.8. The van der Waals surface area contributed by atoms with Crippen LogP contribution in [0.1, 0.15) is 5.82 Å². The van der Waals surface area contributed by atoms with Crippen molar-refractivity contribution in [3.8, 4) is 5.75 Å². The van der Waals surface area contributed by atoms with Crippen molar-refractivity contribution in [1.29, 1.82) is 0 Å². The van der Waals surface area contributed by atoms with Gasteiger partial charge in [0.2, 0.25) is 0 Å². The van der Waals surface area contributed by atoms with E-state index in [1.165, 1.54) is 6.07 Å². The fourth-order valence-corrected chi connectivity index (χ4v) is 2.03. The van der Waals surface area contributed by atoms with Gasteiger partial charge in [-0.25, -0.2) is 14.4 Å². The molecule has 3 rings (SSSR count). The molecule has 0 unspecified atom stereocenters. The number of ether oxygens (including phenoxy) is 1. The lowest BCUT2D eigenvalue weighted by atomic mass is 10.3. The number of anilines is 1. The summed E-state index contributed by atoms with van der Waals surface area (Å²) < 4.78 is 20.6. The molecule has 0 aliphatic heterocycles. The highest BCUT2D eigenvalue weighted by molar-refractivity contribution is 5.86. The van der Waals surface area contributed by atoms with Gasteiger partial charge in [-0.3, -0.25) is 4.68 Å². The number of rotatable bonds is 4. The van der Waals surface area contributed by atoms with Gasteiger partial charge in [-0.1, -0.05) is 12.1 Å². The average molecular weight is 287 g/mol. The minimum absolute atomic E-state index is 0.0801. The quantitative estimate of drug-likeness (QED) is 0.796. The average Bonchev–Trinajstić information content (AvgIpc) is 2.87. The Balaban J connectivity index is 1.90. The summed E-state index contributed by atoms with van der Waals surface area (Å²) in [5, 5.41) is 7.98. The van der Waals surface area contributed by atoms with Crippen LogP contribution in [0.5, 0.6) is 5.75 Å². The van der Waals surface area contributed by atoms with E-state index in [-0.39, 0.29) is 12.4 Å². The van der Waals surface area contributed by atoms with E-state index in [9.17, 15) is 4.39 Å². The van der Waals surface area contributed by atoms with E-state index in [0.717, 1.165) is 5.39 Å². The van der Waals surface area contributed by atoms with E-state index >= 15 is 0 Å². The van der Waals surface area contributed by atoms with Crippen LogP contribution >= 0.6 is 0 Å². The molecule has 0 saturated heterocycles. The standard InChI is InChI=1S/C14H14FN5O/c1-16-13-9-7-17-20(2)14(9)19-12(18-13)8-21-11-6-4-3-5-10(11)15/h3-7H,8H2,1-2H3,(H,16,18,19). The Morgan fingerprint density at radius 2 is 2.10 bits per heavy atom. The molecule has 2 aromatic heterocycles. The molecule has 0 bridgehead atoms. The zero-order chi connectivity index (χ0) is 14.8. The highest BCUT2D eigenvalue weighted by atomic mass is 19.1. The molecule has 0 aliphatic rings. The first kappa shape index (κ1) is 13.3. The number of nitrogens with one attached hydrogen (secondary N) is 1. The number of aromatic nitrogens is 4. The second kappa shape index (κ2) is 5.35. The van der Waals surface area contributed by atoms with Crippen LogP contribution in [0.3, 0.4) is 0 Å². The molecule has 3 aromatic rings. The summed E-state index contributed by atoms with van der Waals surface area (Å²) in [6, 6.07) is 6.23. The van der Waals surface area contributed by atoms with Gasteiger partial charge < -0.3 is 10.1 Å². The number of halogens is 1. The van der Waals surface area contributed by atoms with Crippen LogP contribution in [0, 0.1) is 5.82 Å². The van der Waals surface area contributed by atoms with Crippen LogP contribution in [0.2, 0.25) is 0 Å². The van der Waals surface area contributed by atoms with Gasteiger partial charge in [0.15, 0.2) is 23.0 Å². The molecule has 0 amide bonds. The number of fused-ring (bicyclic) bond motifs is 1. The van der Waals surface area contributed by atoms with Crippen molar-refractivity contribution in [3.63, 3.8) is 0 Å². The molecule has 0 fully saturated rings. The van der Waals surface area contributed by atoms with Crippen LogP contribution in [0.4, 0.5) is 10.2 Å². The van der Waals surface area contributed by atoms with Crippen LogP contribution in [-0.4, -0.2) is 26.8 Å². The number of benzene rings is 1. The lowest BCUT2D eigenvalue weighted by Crippen LogP contribution is -2.06. The molecule has 108 valence electrons. The van der Waals surface area contributed by atoms with E-state index in [0.29, 0.717) is 17.3 Å². The van der Waals surface area contributed by atoms with Crippen molar-refractivity contribution < 1.29 is 9.13 Å². The largest absolute Gasteiger partial charge is 0.483 e. The molecule has 1 N–H and O–H groups in total. The molecule has 0 aliphatic carbocycles. The van der Waals surface area contributed by atoms with Gasteiger partial charge in [0.25, 0.3) is 0 Å². The number of hydrogen-bond acceptors (Lipinski definition) is 5. The predicted molar refractivity (Wildman–Crippen MR) is 76.6 cm³/mol. The zero-order valence-electron chi connectivity index (χ0n) is 11.7. The summed E-state index contributed by atoms with van der Waals surface area (Å²) in [5.41, 5.74) is 0.696. The molecule has 0 radical (unpaired) electrons. The van der Waals surface area contributed by atoms with E-state index in [1.54, 1.807) is 43.2 Å². The minimum atomic E-state index is -0.409. The topological polar surface area (TPSA) is 64.9 Å². The molecular formula is C14H14FN5O. The smallest absolute Gasteiger partial charge is 0.170 e. The van der Waals surface area contributed by atoms with Crippen LogP contribution in [0.25, 0.3) is 11.0 Å². The van der Waals surface area contributed by atoms with E-state index < -0.39 is 5.82 Å². The predicted octanol–water partition coefficient (Wildman–Crippen LogP) is 2.12. The van der Waals surface area contributed by atoms with Gasteiger partial charge in [0, 0.05) is 14.1 Å². The first-order chi connectivity index (χ1) is 10.2. The van der Waals surface area contributed by atoms with Crippen molar-refractivity contribution in [2.75, 3.05) is 12.4 Å². The number of aryl methyl sites for hydroxylation is 1. The SMILES string of the molecule is CNc1nc(COc2ccccc2F)nc2c1cnn2C. The highest BCUT2D eigenvalue weighted by Gasteiger charge is 2.11. The number of para-hydroxylation sites is 1. The Hall–Kier alpha value is -2.70. The Morgan fingerprint density at radius 3 is 2.86 bits per heavy atom. The molecule has 6 nitrogen and oxygen atoms in total. The van der Waals surface area contributed by atoms with Gasteiger partial charge in [0.05, 0.1) is 11.6 Å². The van der Waals surface area contributed by atoms with Gasteiger partial charge in [0.1, 0.15) is 12.4 Å². The highest BCUT2D eigenvalue weighted by Crippen LogP contribution is 2.20. The van der Waals surface area contributed by atoms with Crippen LogP contribution in [0.15, 0.2) is 30.5 Å². The summed E-state index contributed by atoms with van der Waals surface area (Å²) in [4.78, 5) is 8.74.